The number of ether oxygens (including phenoxy) is 2. The number of carboxylic acids is 1. The molecule has 0 aliphatic carbocycles. The molecule has 0 unspecified atom stereocenters. The third kappa shape index (κ3) is 5.00. The molecule has 0 bridgehead atoms. The van der Waals surface area contributed by atoms with Crippen molar-refractivity contribution in [2.75, 3.05) is 13.7 Å². The summed E-state index contributed by atoms with van der Waals surface area (Å²) in [7, 11) is 1.53. The average molecular weight is 375 g/mol. The number of thioether (sulfide) groups is 1. The predicted octanol–water partition coefficient (Wildman–Crippen LogP) is 4.22. The fourth-order valence-corrected chi connectivity index (χ4v) is 2.91. The van der Waals surface area contributed by atoms with Crippen LogP contribution in [0.25, 0.3) is 6.08 Å². The van der Waals surface area contributed by atoms with Crippen molar-refractivity contribution in [3.05, 3.63) is 63.0 Å². The minimum atomic E-state index is -1.10. The van der Waals surface area contributed by atoms with Crippen molar-refractivity contribution in [3.8, 4) is 11.5 Å². The van der Waals surface area contributed by atoms with Gasteiger partial charge in [0.1, 0.15) is 0 Å². The van der Waals surface area contributed by atoms with Crippen LogP contribution in [0.5, 0.6) is 11.5 Å². The molecule has 0 saturated heterocycles. The average Bonchev–Trinajstić information content (AvgIpc) is 2.62. The number of carboxylic acid groups (broad SMARTS) is 1. The van der Waals surface area contributed by atoms with Crippen molar-refractivity contribution in [2.24, 2.45) is 0 Å². The molecule has 26 heavy (non-hydrogen) atoms. The number of nitro groups is 1. The Kier molecular flexibility index (Phi) is 6.62. The minimum Gasteiger partial charge on any atom is -0.493 e. The Hall–Kier alpha value is -3.00. The molecule has 8 heteroatoms. The molecule has 1 N–H and O–H groups in total. The summed E-state index contributed by atoms with van der Waals surface area (Å²) in [5.74, 6) is -0.0140. The van der Waals surface area contributed by atoms with E-state index in [4.69, 9.17) is 9.47 Å². The van der Waals surface area contributed by atoms with Gasteiger partial charge in [-0.1, -0.05) is 17.8 Å². The standard InChI is InChI=1S/C18H17NO6S/c1-3-25-16-10-12(4-9-15(16)24-2)11-17(18(20)21)26-14-7-5-13(6-8-14)19(22)23/h4-11H,3H2,1-2H3,(H,20,21)/b17-11+. The molecule has 0 radical (unpaired) electrons. The largest absolute Gasteiger partial charge is 0.493 e. The van der Waals surface area contributed by atoms with Gasteiger partial charge in [0.25, 0.3) is 5.69 Å². The molecule has 0 spiro atoms. The Labute approximate surface area is 154 Å². The van der Waals surface area contributed by atoms with Gasteiger partial charge in [-0.25, -0.2) is 4.79 Å². The van der Waals surface area contributed by atoms with Crippen LogP contribution >= 0.6 is 11.8 Å². The summed E-state index contributed by atoms with van der Waals surface area (Å²) in [4.78, 5) is 22.4. The second kappa shape index (κ2) is 8.91. The number of rotatable bonds is 8. The Balaban J connectivity index is 2.30. The molecule has 0 aliphatic heterocycles. The fourth-order valence-electron chi connectivity index (χ4n) is 2.10. The van der Waals surface area contributed by atoms with Crippen molar-refractivity contribution < 1.29 is 24.3 Å². The molecule has 2 rings (SSSR count). The number of benzene rings is 2. The van der Waals surface area contributed by atoms with Gasteiger partial charge in [-0.3, -0.25) is 10.1 Å². The van der Waals surface area contributed by atoms with Gasteiger partial charge in [-0.2, -0.15) is 0 Å². The molecule has 7 nitrogen and oxygen atoms in total. The van der Waals surface area contributed by atoms with E-state index in [-0.39, 0.29) is 10.6 Å². The molecule has 0 atom stereocenters. The summed E-state index contributed by atoms with van der Waals surface area (Å²) >= 11 is 1.01. The zero-order valence-corrected chi connectivity index (χ0v) is 15.0. The first kappa shape index (κ1) is 19.3. The van der Waals surface area contributed by atoms with Gasteiger partial charge in [0.2, 0.25) is 0 Å². The van der Waals surface area contributed by atoms with E-state index in [1.54, 1.807) is 18.2 Å². The Morgan fingerprint density at radius 3 is 2.46 bits per heavy atom. The molecule has 0 amide bonds. The van der Waals surface area contributed by atoms with Gasteiger partial charge in [0.15, 0.2) is 11.5 Å². The summed E-state index contributed by atoms with van der Waals surface area (Å²) in [6.45, 7) is 2.29. The third-order valence-corrected chi connectivity index (χ3v) is 4.29. The number of non-ortho nitro benzene ring substituents is 1. The molecule has 0 heterocycles. The first-order chi connectivity index (χ1) is 12.4. The van der Waals surface area contributed by atoms with Gasteiger partial charge < -0.3 is 14.6 Å². The molecule has 2 aromatic rings. The van der Waals surface area contributed by atoms with E-state index in [9.17, 15) is 20.0 Å². The predicted molar refractivity (Wildman–Crippen MR) is 98.7 cm³/mol. The van der Waals surface area contributed by atoms with E-state index in [0.29, 0.717) is 28.6 Å². The Morgan fingerprint density at radius 2 is 1.92 bits per heavy atom. The highest BCUT2D eigenvalue weighted by atomic mass is 32.2. The summed E-state index contributed by atoms with van der Waals surface area (Å²) in [6.07, 6.45) is 1.51. The quantitative estimate of drug-likeness (QED) is 0.319. The number of nitro benzene ring substituents is 1. The monoisotopic (exact) mass is 375 g/mol. The molecule has 0 fully saturated rings. The van der Waals surface area contributed by atoms with Crippen molar-refractivity contribution in [1.29, 1.82) is 0 Å². The van der Waals surface area contributed by atoms with Crippen LogP contribution in [0.15, 0.2) is 52.3 Å². The molecule has 0 saturated carbocycles. The van der Waals surface area contributed by atoms with E-state index < -0.39 is 10.9 Å². The van der Waals surface area contributed by atoms with Crippen LogP contribution in [0.2, 0.25) is 0 Å². The number of aliphatic carboxylic acids is 1. The highest BCUT2D eigenvalue weighted by molar-refractivity contribution is 8.04. The topological polar surface area (TPSA) is 98.9 Å². The van der Waals surface area contributed by atoms with Crippen LogP contribution in [-0.4, -0.2) is 29.7 Å². The first-order valence-corrected chi connectivity index (χ1v) is 8.44. The molecule has 2 aromatic carbocycles. The van der Waals surface area contributed by atoms with E-state index >= 15 is 0 Å². The lowest BCUT2D eigenvalue weighted by Crippen LogP contribution is -1.98. The number of nitrogens with zero attached hydrogens (tertiary/aromatic N) is 1. The minimum absolute atomic E-state index is 0.0493. The maximum Gasteiger partial charge on any atom is 0.342 e. The third-order valence-electron chi connectivity index (χ3n) is 3.27. The lowest BCUT2D eigenvalue weighted by Gasteiger charge is -2.10. The lowest BCUT2D eigenvalue weighted by molar-refractivity contribution is -0.384. The van der Waals surface area contributed by atoms with Crippen molar-refractivity contribution >= 4 is 29.5 Å². The van der Waals surface area contributed by atoms with E-state index in [1.807, 2.05) is 6.92 Å². The second-order valence-corrected chi connectivity index (χ2v) is 6.13. The number of methoxy groups -OCH3 is 1. The molecule has 136 valence electrons. The van der Waals surface area contributed by atoms with Crippen LogP contribution in [-0.2, 0) is 4.79 Å². The van der Waals surface area contributed by atoms with Gasteiger partial charge in [-0.05, 0) is 42.8 Å². The lowest BCUT2D eigenvalue weighted by atomic mass is 10.2. The Bertz CT molecular complexity index is 832. The van der Waals surface area contributed by atoms with Gasteiger partial charge >= 0.3 is 5.97 Å². The van der Waals surface area contributed by atoms with E-state index in [2.05, 4.69) is 0 Å². The fraction of sp³-hybridized carbons (Fsp3) is 0.167. The summed E-state index contributed by atoms with van der Waals surface area (Å²) in [5, 5.41) is 20.2. The van der Waals surface area contributed by atoms with E-state index in [1.165, 1.54) is 37.5 Å². The summed E-state index contributed by atoms with van der Waals surface area (Å²) in [5.41, 5.74) is 0.591. The zero-order chi connectivity index (χ0) is 19.1. The first-order valence-electron chi connectivity index (χ1n) is 7.62. The highest BCUT2D eigenvalue weighted by Gasteiger charge is 2.13. The van der Waals surface area contributed by atoms with Crippen LogP contribution in [0.1, 0.15) is 12.5 Å². The number of hydrogen-bond acceptors (Lipinski definition) is 6. The maximum atomic E-state index is 11.6. The molecular formula is C18H17NO6S. The van der Waals surface area contributed by atoms with E-state index in [0.717, 1.165) is 11.8 Å². The van der Waals surface area contributed by atoms with Gasteiger partial charge in [0, 0.05) is 17.0 Å². The Morgan fingerprint density at radius 1 is 1.23 bits per heavy atom. The SMILES string of the molecule is CCOc1cc(/C=C(/Sc2ccc([N+](=O)[O-])cc2)C(=O)O)ccc1OC. The van der Waals surface area contributed by atoms with Crippen LogP contribution in [0, 0.1) is 10.1 Å². The van der Waals surface area contributed by atoms with Crippen LogP contribution < -0.4 is 9.47 Å². The molecular weight excluding hydrogens is 358 g/mol. The van der Waals surface area contributed by atoms with Gasteiger partial charge in [0.05, 0.1) is 23.5 Å². The summed E-state index contributed by atoms with van der Waals surface area (Å²) < 4.78 is 10.7. The van der Waals surface area contributed by atoms with Crippen molar-refractivity contribution in [1.82, 2.24) is 0 Å². The maximum absolute atomic E-state index is 11.6. The van der Waals surface area contributed by atoms with Crippen molar-refractivity contribution in [2.45, 2.75) is 11.8 Å². The molecule has 0 aliphatic rings. The van der Waals surface area contributed by atoms with Crippen molar-refractivity contribution in [3.63, 3.8) is 0 Å². The number of carbonyl (C=O) groups is 1. The zero-order valence-electron chi connectivity index (χ0n) is 14.2. The molecule has 0 aromatic heterocycles. The summed E-state index contributed by atoms with van der Waals surface area (Å²) in [6, 6.07) is 10.8. The van der Waals surface area contributed by atoms with Crippen LogP contribution in [0.4, 0.5) is 5.69 Å². The number of hydrogen-bond donors (Lipinski definition) is 1. The highest BCUT2D eigenvalue weighted by Crippen LogP contribution is 2.33. The smallest absolute Gasteiger partial charge is 0.342 e. The van der Waals surface area contributed by atoms with Crippen LogP contribution in [0.3, 0.4) is 0 Å². The second-order valence-electron chi connectivity index (χ2n) is 5.01. The van der Waals surface area contributed by atoms with Gasteiger partial charge in [-0.15, -0.1) is 0 Å². The normalized spacial score (nSPS) is 11.1.